The summed E-state index contributed by atoms with van der Waals surface area (Å²) in [6, 6.07) is 0.182. The van der Waals surface area contributed by atoms with Crippen LogP contribution in [-0.2, 0) is 10.0 Å². The van der Waals surface area contributed by atoms with E-state index >= 15 is 0 Å². The fourth-order valence-corrected chi connectivity index (χ4v) is 3.80. The molecule has 0 bridgehead atoms. The molecule has 0 radical (unpaired) electrons. The lowest BCUT2D eigenvalue weighted by atomic mass is 9.94. The van der Waals surface area contributed by atoms with Crippen LogP contribution in [0.3, 0.4) is 0 Å². The Kier molecular flexibility index (Phi) is 4.98. The number of rotatable bonds is 4. The molecular weight excluding hydrogens is 236 g/mol. The second kappa shape index (κ2) is 5.67. The molecule has 1 saturated heterocycles. The third-order valence-electron chi connectivity index (χ3n) is 3.37. The lowest BCUT2D eigenvalue weighted by Gasteiger charge is -2.31. The molecule has 0 saturated carbocycles. The smallest absolute Gasteiger partial charge is 0.214 e. The highest BCUT2D eigenvalue weighted by atomic mass is 32.2. The minimum Gasteiger partial charge on any atom is -0.317 e. The summed E-state index contributed by atoms with van der Waals surface area (Å²) in [5.41, 5.74) is 0.0715. The van der Waals surface area contributed by atoms with Crippen molar-refractivity contribution in [2.75, 3.05) is 25.9 Å². The Morgan fingerprint density at radius 2 is 1.76 bits per heavy atom. The third-order valence-corrected chi connectivity index (χ3v) is 5.27. The molecule has 0 amide bonds. The van der Waals surface area contributed by atoms with Crippen molar-refractivity contribution in [2.45, 2.75) is 46.1 Å². The zero-order valence-corrected chi connectivity index (χ0v) is 12.3. The SMILES string of the molecule is CN(C1CCNCC1)S(=O)(=O)CCC(C)(C)C. The zero-order chi connectivity index (χ0) is 13.1. The summed E-state index contributed by atoms with van der Waals surface area (Å²) >= 11 is 0. The molecule has 102 valence electrons. The summed E-state index contributed by atoms with van der Waals surface area (Å²) in [6.45, 7) is 8.07. The maximum absolute atomic E-state index is 12.2. The van der Waals surface area contributed by atoms with Gasteiger partial charge >= 0.3 is 0 Å². The molecular formula is C12H26N2O2S. The molecule has 0 aromatic carbocycles. The third kappa shape index (κ3) is 4.94. The molecule has 1 rings (SSSR count). The molecule has 1 aliphatic heterocycles. The number of nitrogens with zero attached hydrogens (tertiary/aromatic N) is 1. The van der Waals surface area contributed by atoms with Gasteiger partial charge in [-0.1, -0.05) is 20.8 Å². The predicted octanol–water partition coefficient (Wildman–Crippen LogP) is 1.44. The molecule has 0 aromatic rings. The van der Waals surface area contributed by atoms with E-state index in [1.165, 1.54) is 0 Å². The van der Waals surface area contributed by atoms with E-state index in [1.54, 1.807) is 11.4 Å². The molecule has 0 atom stereocenters. The number of nitrogens with one attached hydrogen (secondary N) is 1. The molecule has 0 unspecified atom stereocenters. The number of hydrogen-bond donors (Lipinski definition) is 1. The van der Waals surface area contributed by atoms with Gasteiger partial charge in [-0.05, 0) is 37.8 Å². The van der Waals surface area contributed by atoms with Crippen LogP contribution in [0.25, 0.3) is 0 Å². The Morgan fingerprint density at radius 3 is 2.24 bits per heavy atom. The van der Waals surface area contributed by atoms with Crippen molar-refractivity contribution in [3.05, 3.63) is 0 Å². The molecule has 1 N–H and O–H groups in total. The zero-order valence-electron chi connectivity index (χ0n) is 11.5. The molecule has 0 aromatic heterocycles. The van der Waals surface area contributed by atoms with E-state index in [-0.39, 0.29) is 17.2 Å². The van der Waals surface area contributed by atoms with Gasteiger partial charge < -0.3 is 5.32 Å². The summed E-state index contributed by atoms with van der Waals surface area (Å²) in [7, 11) is -1.36. The first-order chi connectivity index (χ1) is 7.72. The van der Waals surface area contributed by atoms with Gasteiger partial charge in [0.15, 0.2) is 0 Å². The van der Waals surface area contributed by atoms with Gasteiger partial charge in [0.25, 0.3) is 0 Å². The van der Waals surface area contributed by atoms with Gasteiger partial charge in [-0.15, -0.1) is 0 Å². The van der Waals surface area contributed by atoms with Gasteiger partial charge in [-0.25, -0.2) is 12.7 Å². The maximum atomic E-state index is 12.2. The predicted molar refractivity (Wildman–Crippen MR) is 71.5 cm³/mol. The second-order valence-corrected chi connectivity index (χ2v) is 8.27. The van der Waals surface area contributed by atoms with E-state index in [4.69, 9.17) is 0 Å². The van der Waals surface area contributed by atoms with E-state index in [0.717, 1.165) is 25.9 Å². The summed E-state index contributed by atoms with van der Waals surface area (Å²) < 4.78 is 26.0. The molecule has 17 heavy (non-hydrogen) atoms. The molecule has 0 aliphatic carbocycles. The minimum absolute atomic E-state index is 0.0715. The van der Waals surface area contributed by atoms with Crippen LogP contribution in [0.4, 0.5) is 0 Å². The molecule has 4 nitrogen and oxygen atoms in total. The van der Waals surface area contributed by atoms with Crippen molar-refractivity contribution in [3.63, 3.8) is 0 Å². The van der Waals surface area contributed by atoms with Gasteiger partial charge in [0.05, 0.1) is 5.75 Å². The van der Waals surface area contributed by atoms with Crippen LogP contribution in [0.2, 0.25) is 0 Å². The summed E-state index contributed by atoms with van der Waals surface area (Å²) in [5, 5.41) is 3.26. The van der Waals surface area contributed by atoms with Crippen LogP contribution in [0.1, 0.15) is 40.0 Å². The monoisotopic (exact) mass is 262 g/mol. The van der Waals surface area contributed by atoms with Crippen molar-refractivity contribution < 1.29 is 8.42 Å². The van der Waals surface area contributed by atoms with Gasteiger partial charge in [0, 0.05) is 13.1 Å². The van der Waals surface area contributed by atoms with Crippen LogP contribution in [0, 0.1) is 5.41 Å². The first kappa shape index (κ1) is 14.9. The van der Waals surface area contributed by atoms with E-state index in [2.05, 4.69) is 26.1 Å². The van der Waals surface area contributed by atoms with Gasteiger partial charge in [-0.3, -0.25) is 0 Å². The van der Waals surface area contributed by atoms with Crippen molar-refractivity contribution in [3.8, 4) is 0 Å². The molecule has 1 heterocycles. The van der Waals surface area contributed by atoms with Crippen molar-refractivity contribution in [1.29, 1.82) is 0 Å². The van der Waals surface area contributed by atoms with Gasteiger partial charge in [-0.2, -0.15) is 0 Å². The Bertz CT molecular complexity index is 327. The van der Waals surface area contributed by atoms with E-state index in [9.17, 15) is 8.42 Å². The standard InChI is InChI=1S/C12H26N2O2S/c1-12(2,3)7-10-17(15,16)14(4)11-5-8-13-9-6-11/h11,13H,5-10H2,1-4H3. The normalized spacial score (nSPS) is 19.8. The largest absolute Gasteiger partial charge is 0.317 e. The maximum Gasteiger partial charge on any atom is 0.214 e. The van der Waals surface area contributed by atoms with Crippen LogP contribution in [0.5, 0.6) is 0 Å². The fraction of sp³-hybridized carbons (Fsp3) is 1.00. The van der Waals surface area contributed by atoms with Crippen LogP contribution in [0.15, 0.2) is 0 Å². The van der Waals surface area contributed by atoms with E-state index < -0.39 is 10.0 Å². The topological polar surface area (TPSA) is 49.4 Å². The number of hydrogen-bond acceptors (Lipinski definition) is 3. The lowest BCUT2D eigenvalue weighted by molar-refractivity contribution is 0.293. The van der Waals surface area contributed by atoms with Crippen molar-refractivity contribution in [1.82, 2.24) is 9.62 Å². The van der Waals surface area contributed by atoms with Gasteiger partial charge in [0.2, 0.25) is 10.0 Å². The average molecular weight is 262 g/mol. The van der Waals surface area contributed by atoms with Crippen molar-refractivity contribution >= 4 is 10.0 Å². The summed E-state index contributed by atoms with van der Waals surface area (Å²) in [4.78, 5) is 0. The molecule has 1 fully saturated rings. The molecule has 0 spiro atoms. The lowest BCUT2D eigenvalue weighted by Crippen LogP contribution is -2.44. The first-order valence-corrected chi connectivity index (χ1v) is 8.00. The molecule has 1 aliphatic rings. The van der Waals surface area contributed by atoms with Crippen molar-refractivity contribution in [2.24, 2.45) is 5.41 Å². The summed E-state index contributed by atoms with van der Waals surface area (Å²) in [5.74, 6) is 0.261. The number of piperidine rings is 1. The van der Waals surface area contributed by atoms with E-state index in [1.807, 2.05) is 0 Å². The fourth-order valence-electron chi connectivity index (χ4n) is 1.98. The summed E-state index contributed by atoms with van der Waals surface area (Å²) in [6.07, 6.45) is 2.56. The van der Waals surface area contributed by atoms with Crippen LogP contribution >= 0.6 is 0 Å². The average Bonchev–Trinajstić information content (AvgIpc) is 2.26. The molecule has 5 heteroatoms. The van der Waals surface area contributed by atoms with Crippen LogP contribution in [-0.4, -0.2) is 44.7 Å². The Labute approximate surface area is 106 Å². The highest BCUT2D eigenvalue weighted by molar-refractivity contribution is 7.89. The number of sulfonamides is 1. The Hall–Kier alpha value is -0.130. The highest BCUT2D eigenvalue weighted by Gasteiger charge is 2.28. The quantitative estimate of drug-likeness (QED) is 0.834. The Balaban J connectivity index is 2.56. The Morgan fingerprint density at radius 1 is 1.24 bits per heavy atom. The van der Waals surface area contributed by atoms with Crippen LogP contribution < -0.4 is 5.32 Å². The van der Waals surface area contributed by atoms with Gasteiger partial charge in [0.1, 0.15) is 0 Å². The highest BCUT2D eigenvalue weighted by Crippen LogP contribution is 2.22. The van der Waals surface area contributed by atoms with E-state index in [0.29, 0.717) is 6.42 Å². The first-order valence-electron chi connectivity index (χ1n) is 6.39. The second-order valence-electron chi connectivity index (χ2n) is 6.12. The minimum atomic E-state index is -3.09.